The first-order chi connectivity index (χ1) is 16.9. The summed E-state index contributed by atoms with van der Waals surface area (Å²) in [5.74, 6) is 1.48. The van der Waals surface area contributed by atoms with Crippen molar-refractivity contribution in [1.82, 2.24) is 14.9 Å². The standard InChI is InChI=1S/C30H41N5/c1-8-10-13-23(3)14-12-18-32-30-28(24(4)17-19-35(6)7)22-33-29(34-30)27-16-11-15-26(20-27)25(9-2)21-31-5/h9,11,15-17,19-22H,3-4,8,10,12-14,18H2,1-2,5-7H3,(H,32,33,34)/b19-17-,25-9+,31-21-. The van der Waals surface area contributed by atoms with E-state index in [1.165, 1.54) is 18.4 Å². The van der Waals surface area contributed by atoms with Crippen molar-refractivity contribution in [2.75, 3.05) is 33.0 Å². The molecule has 1 aromatic carbocycles. The Labute approximate surface area is 212 Å². The van der Waals surface area contributed by atoms with Gasteiger partial charge >= 0.3 is 0 Å². The van der Waals surface area contributed by atoms with Gasteiger partial charge < -0.3 is 10.2 Å². The average Bonchev–Trinajstić information content (AvgIpc) is 2.87. The third-order valence-corrected chi connectivity index (χ3v) is 5.63. The highest BCUT2D eigenvalue weighted by molar-refractivity contribution is 6.09. The Morgan fingerprint density at radius 3 is 2.63 bits per heavy atom. The van der Waals surface area contributed by atoms with Crippen LogP contribution in [0, 0.1) is 0 Å². The molecule has 35 heavy (non-hydrogen) atoms. The molecule has 0 atom stereocenters. The highest BCUT2D eigenvalue weighted by Crippen LogP contribution is 2.27. The minimum absolute atomic E-state index is 0.679. The van der Waals surface area contributed by atoms with Crippen LogP contribution in [0.15, 0.2) is 72.5 Å². The van der Waals surface area contributed by atoms with Gasteiger partial charge in [-0.2, -0.15) is 0 Å². The number of allylic oxidation sites excluding steroid dienone is 5. The van der Waals surface area contributed by atoms with Crippen molar-refractivity contribution in [3.05, 3.63) is 78.7 Å². The van der Waals surface area contributed by atoms with Gasteiger partial charge in [0.25, 0.3) is 0 Å². The fourth-order valence-corrected chi connectivity index (χ4v) is 3.61. The SMILES string of the molecule is C=C(CCCC)CCCNc1nc(-c2cccc(C(/C=N\C)=C/C)c2)ncc1C(=C)/C=C\N(C)C. The fourth-order valence-electron chi connectivity index (χ4n) is 3.61. The number of nitrogens with zero attached hydrogens (tertiary/aromatic N) is 4. The highest BCUT2D eigenvalue weighted by atomic mass is 15.0. The van der Waals surface area contributed by atoms with E-state index >= 15 is 0 Å². The van der Waals surface area contributed by atoms with Gasteiger partial charge in [0.15, 0.2) is 5.82 Å². The van der Waals surface area contributed by atoms with Gasteiger partial charge in [-0.05, 0) is 67.7 Å². The van der Waals surface area contributed by atoms with Crippen LogP contribution < -0.4 is 5.32 Å². The number of anilines is 1. The molecule has 1 N–H and O–H groups in total. The average molecular weight is 472 g/mol. The molecule has 1 heterocycles. The van der Waals surface area contributed by atoms with Crippen LogP contribution in [-0.4, -0.2) is 48.8 Å². The van der Waals surface area contributed by atoms with Crippen LogP contribution in [-0.2, 0) is 0 Å². The van der Waals surface area contributed by atoms with Crippen molar-refractivity contribution in [2.45, 2.75) is 46.0 Å². The lowest BCUT2D eigenvalue weighted by Gasteiger charge is -2.14. The molecule has 0 radical (unpaired) electrons. The number of benzene rings is 1. The van der Waals surface area contributed by atoms with E-state index in [-0.39, 0.29) is 0 Å². The van der Waals surface area contributed by atoms with Crippen LogP contribution in [0.1, 0.15) is 57.1 Å². The lowest BCUT2D eigenvalue weighted by Crippen LogP contribution is -2.08. The summed E-state index contributed by atoms with van der Waals surface area (Å²) in [6.45, 7) is 13.5. The summed E-state index contributed by atoms with van der Waals surface area (Å²) in [6, 6.07) is 8.25. The number of rotatable bonds is 14. The van der Waals surface area contributed by atoms with E-state index < -0.39 is 0 Å². The summed E-state index contributed by atoms with van der Waals surface area (Å²) < 4.78 is 0. The first kappa shape index (κ1) is 27.8. The van der Waals surface area contributed by atoms with Crippen LogP contribution >= 0.6 is 0 Å². The molecule has 0 saturated heterocycles. The third-order valence-electron chi connectivity index (χ3n) is 5.63. The molecule has 2 aromatic rings. The smallest absolute Gasteiger partial charge is 0.161 e. The van der Waals surface area contributed by atoms with Gasteiger partial charge in [0.1, 0.15) is 5.82 Å². The van der Waals surface area contributed by atoms with Crippen LogP contribution in [0.4, 0.5) is 5.82 Å². The van der Waals surface area contributed by atoms with Crippen molar-refractivity contribution >= 4 is 23.2 Å². The predicted octanol–water partition coefficient (Wildman–Crippen LogP) is 7.27. The van der Waals surface area contributed by atoms with Crippen LogP contribution in [0.5, 0.6) is 0 Å². The second-order valence-corrected chi connectivity index (χ2v) is 8.86. The molecule has 2 rings (SSSR count). The molecule has 1 aromatic heterocycles. The van der Waals surface area contributed by atoms with E-state index in [9.17, 15) is 0 Å². The van der Waals surface area contributed by atoms with Gasteiger partial charge in [-0.3, -0.25) is 4.99 Å². The molecule has 0 spiro atoms. The zero-order valence-corrected chi connectivity index (χ0v) is 22.1. The molecular weight excluding hydrogens is 430 g/mol. The van der Waals surface area contributed by atoms with Gasteiger partial charge in [0.2, 0.25) is 0 Å². The van der Waals surface area contributed by atoms with E-state index in [1.54, 1.807) is 7.05 Å². The number of nitrogens with one attached hydrogen (secondary N) is 1. The molecule has 186 valence electrons. The molecule has 0 saturated carbocycles. The summed E-state index contributed by atoms with van der Waals surface area (Å²) in [7, 11) is 5.76. The molecule has 0 aliphatic heterocycles. The maximum absolute atomic E-state index is 4.92. The second-order valence-electron chi connectivity index (χ2n) is 8.86. The van der Waals surface area contributed by atoms with Crippen molar-refractivity contribution in [1.29, 1.82) is 0 Å². The molecule has 0 aliphatic rings. The number of hydrogen-bond acceptors (Lipinski definition) is 5. The molecule has 5 heteroatoms. The van der Waals surface area contributed by atoms with Crippen molar-refractivity contribution in [3.63, 3.8) is 0 Å². The second kappa shape index (κ2) is 14.7. The molecular formula is C30H41N5. The first-order valence-electron chi connectivity index (χ1n) is 12.4. The van der Waals surface area contributed by atoms with Crippen molar-refractivity contribution in [2.24, 2.45) is 4.99 Å². The first-order valence-corrected chi connectivity index (χ1v) is 12.4. The van der Waals surface area contributed by atoms with Gasteiger partial charge in [-0.15, -0.1) is 0 Å². The molecule has 0 unspecified atom stereocenters. The van der Waals surface area contributed by atoms with E-state index in [2.05, 4.69) is 48.6 Å². The molecule has 0 fully saturated rings. The fraction of sp³-hybridized carbons (Fsp3) is 0.367. The molecule has 0 amide bonds. The van der Waals surface area contributed by atoms with Crippen molar-refractivity contribution < 1.29 is 0 Å². The van der Waals surface area contributed by atoms with Gasteiger partial charge in [0.05, 0.1) is 0 Å². The molecule has 0 bridgehead atoms. The number of hydrogen-bond donors (Lipinski definition) is 1. The van der Waals surface area contributed by atoms with Crippen molar-refractivity contribution in [3.8, 4) is 11.4 Å². The third kappa shape index (κ3) is 9.01. The maximum atomic E-state index is 4.92. The van der Waals surface area contributed by atoms with Gasteiger partial charge in [-0.1, -0.05) is 56.4 Å². The normalized spacial score (nSPS) is 11.9. The number of aliphatic imine (C=N–C) groups is 1. The van der Waals surface area contributed by atoms with E-state index in [1.807, 2.05) is 62.7 Å². The number of unbranched alkanes of at least 4 members (excludes halogenated alkanes) is 1. The van der Waals surface area contributed by atoms with Crippen LogP contribution in [0.3, 0.4) is 0 Å². The Morgan fingerprint density at radius 2 is 1.94 bits per heavy atom. The number of aromatic nitrogens is 2. The van der Waals surface area contributed by atoms with Gasteiger partial charge in [-0.25, -0.2) is 9.97 Å². The summed E-state index contributed by atoms with van der Waals surface area (Å²) in [6.07, 6.45) is 15.3. The predicted molar refractivity (Wildman–Crippen MR) is 154 cm³/mol. The lowest BCUT2D eigenvalue weighted by molar-refractivity contribution is 0.564. The van der Waals surface area contributed by atoms with Crippen LogP contribution in [0.2, 0.25) is 0 Å². The largest absolute Gasteiger partial charge is 0.383 e. The van der Waals surface area contributed by atoms with E-state index in [4.69, 9.17) is 9.97 Å². The Kier molecular flexibility index (Phi) is 11.7. The topological polar surface area (TPSA) is 53.4 Å². The minimum Gasteiger partial charge on any atom is -0.383 e. The summed E-state index contributed by atoms with van der Waals surface area (Å²) >= 11 is 0. The summed E-state index contributed by atoms with van der Waals surface area (Å²) in [4.78, 5) is 15.8. The molecule has 5 nitrogen and oxygen atoms in total. The Hall–Kier alpha value is -3.47. The molecule has 0 aliphatic carbocycles. The summed E-state index contributed by atoms with van der Waals surface area (Å²) in [5, 5.41) is 3.54. The van der Waals surface area contributed by atoms with Crippen LogP contribution in [0.25, 0.3) is 22.5 Å². The van der Waals surface area contributed by atoms with Gasteiger partial charge in [0, 0.05) is 51.2 Å². The van der Waals surface area contributed by atoms with E-state index in [0.29, 0.717) is 5.82 Å². The monoisotopic (exact) mass is 471 g/mol. The quantitative estimate of drug-likeness (QED) is 0.136. The summed E-state index contributed by atoms with van der Waals surface area (Å²) in [5.41, 5.74) is 6.20. The maximum Gasteiger partial charge on any atom is 0.161 e. The minimum atomic E-state index is 0.679. The zero-order chi connectivity index (χ0) is 25.6. The Balaban J connectivity index is 2.31. The Morgan fingerprint density at radius 1 is 1.17 bits per heavy atom. The lowest BCUT2D eigenvalue weighted by atomic mass is 10.0. The Bertz CT molecular complexity index is 1080. The van der Waals surface area contributed by atoms with E-state index in [0.717, 1.165) is 59.5 Å². The zero-order valence-electron chi connectivity index (χ0n) is 22.1. The highest BCUT2D eigenvalue weighted by Gasteiger charge is 2.12.